The summed E-state index contributed by atoms with van der Waals surface area (Å²) in [4.78, 5) is 5.26. The highest BCUT2D eigenvalue weighted by atomic mass is 32.2. The third-order valence-corrected chi connectivity index (χ3v) is 4.00. The molecule has 0 aliphatic carbocycles. The van der Waals surface area contributed by atoms with Crippen molar-refractivity contribution in [2.75, 3.05) is 0 Å². The van der Waals surface area contributed by atoms with Crippen LogP contribution in [0.25, 0.3) is 0 Å². The van der Waals surface area contributed by atoms with Crippen LogP contribution in [0.2, 0.25) is 0 Å². The van der Waals surface area contributed by atoms with E-state index in [-0.39, 0.29) is 11.7 Å². The lowest BCUT2D eigenvalue weighted by atomic mass is 10.2. The molecule has 0 fully saturated rings. The van der Waals surface area contributed by atoms with Gasteiger partial charge in [0.1, 0.15) is 17.1 Å². The van der Waals surface area contributed by atoms with Crippen molar-refractivity contribution < 1.29 is 9.60 Å². The number of hydrogen-bond acceptors (Lipinski definition) is 4. The van der Waals surface area contributed by atoms with Gasteiger partial charge in [0.05, 0.1) is 5.69 Å². The molecule has 1 N–H and O–H groups in total. The lowest BCUT2D eigenvalue weighted by Gasteiger charge is -2.08. The summed E-state index contributed by atoms with van der Waals surface area (Å²) in [5.41, 5.74) is 0.900. The number of halogens is 1. The highest BCUT2D eigenvalue weighted by molar-refractivity contribution is 7.99. The minimum absolute atomic E-state index is 0.220. The van der Waals surface area contributed by atoms with Crippen molar-refractivity contribution in [1.82, 2.24) is 9.55 Å². The van der Waals surface area contributed by atoms with Crippen molar-refractivity contribution in [3.8, 4) is 0 Å². The molecule has 0 bridgehead atoms. The number of imidazole rings is 1. The van der Waals surface area contributed by atoms with Gasteiger partial charge in [0, 0.05) is 11.9 Å². The Bertz CT molecular complexity index is 637. The van der Waals surface area contributed by atoms with E-state index in [4.69, 9.17) is 5.21 Å². The first-order chi connectivity index (χ1) is 9.52. The average molecular weight is 293 g/mol. The molecule has 1 aromatic carbocycles. The fraction of sp³-hybridized carbons (Fsp3) is 0.286. The third kappa shape index (κ3) is 3.01. The summed E-state index contributed by atoms with van der Waals surface area (Å²) in [6, 6.07) is 6.44. The molecule has 0 amide bonds. The van der Waals surface area contributed by atoms with Gasteiger partial charge in [-0.3, -0.25) is 0 Å². The monoisotopic (exact) mass is 293 g/mol. The maximum Gasteiger partial charge on any atom is 0.155 e. The normalized spacial score (nSPS) is 11.7. The predicted molar refractivity (Wildman–Crippen MR) is 77.2 cm³/mol. The van der Waals surface area contributed by atoms with Crippen LogP contribution in [0.5, 0.6) is 0 Å². The first-order valence-electron chi connectivity index (χ1n) is 6.20. The van der Waals surface area contributed by atoms with Gasteiger partial charge < -0.3 is 9.77 Å². The van der Waals surface area contributed by atoms with E-state index in [9.17, 15) is 4.39 Å². The van der Waals surface area contributed by atoms with Crippen LogP contribution in [0.4, 0.5) is 4.39 Å². The zero-order valence-electron chi connectivity index (χ0n) is 11.5. The largest absolute Gasteiger partial charge is 0.411 e. The number of rotatable bonds is 4. The Balaban J connectivity index is 2.44. The second-order valence-electron chi connectivity index (χ2n) is 4.68. The van der Waals surface area contributed by atoms with Crippen molar-refractivity contribution in [3.05, 3.63) is 41.6 Å². The number of benzene rings is 1. The Morgan fingerprint density at radius 1 is 1.45 bits per heavy atom. The zero-order chi connectivity index (χ0) is 14.7. The predicted octanol–water partition coefficient (Wildman–Crippen LogP) is 3.64. The van der Waals surface area contributed by atoms with Crippen LogP contribution in [-0.2, 0) is 7.05 Å². The molecule has 1 heterocycles. The topological polar surface area (TPSA) is 50.4 Å². The first-order valence-corrected chi connectivity index (χ1v) is 7.02. The van der Waals surface area contributed by atoms with Gasteiger partial charge in [0.2, 0.25) is 0 Å². The maximum atomic E-state index is 13.3. The zero-order valence-corrected chi connectivity index (χ0v) is 12.4. The van der Waals surface area contributed by atoms with Crippen LogP contribution in [0.3, 0.4) is 0 Å². The van der Waals surface area contributed by atoms with Gasteiger partial charge in [0.25, 0.3) is 0 Å². The van der Waals surface area contributed by atoms with Gasteiger partial charge in [-0.15, -0.1) is 0 Å². The quantitative estimate of drug-likeness (QED) is 0.532. The fourth-order valence-electron chi connectivity index (χ4n) is 1.83. The number of nitrogens with zero attached hydrogens (tertiary/aromatic N) is 3. The molecule has 0 saturated carbocycles. The summed E-state index contributed by atoms with van der Waals surface area (Å²) in [5.74, 6) is 0.522. The van der Waals surface area contributed by atoms with Crippen molar-refractivity contribution in [1.29, 1.82) is 0 Å². The van der Waals surface area contributed by atoms with Gasteiger partial charge in [0.15, 0.2) is 5.82 Å². The van der Waals surface area contributed by atoms with Gasteiger partial charge >= 0.3 is 0 Å². The van der Waals surface area contributed by atoms with Crippen LogP contribution in [0, 0.1) is 5.82 Å². The Morgan fingerprint density at radius 3 is 2.80 bits per heavy atom. The SMILES string of the molecule is CC(C)c1nc(C=NO)n(C)c1Sc1cccc(F)c1. The van der Waals surface area contributed by atoms with Crippen LogP contribution in [-0.4, -0.2) is 21.0 Å². The van der Waals surface area contributed by atoms with E-state index < -0.39 is 0 Å². The highest BCUT2D eigenvalue weighted by Crippen LogP contribution is 2.34. The molecule has 0 spiro atoms. The van der Waals surface area contributed by atoms with Gasteiger partial charge in [-0.2, -0.15) is 0 Å². The molecule has 0 radical (unpaired) electrons. The van der Waals surface area contributed by atoms with E-state index in [1.165, 1.54) is 30.1 Å². The lowest BCUT2D eigenvalue weighted by molar-refractivity contribution is 0.321. The molecular weight excluding hydrogens is 277 g/mol. The number of aromatic nitrogens is 2. The summed E-state index contributed by atoms with van der Waals surface area (Å²) in [6.07, 6.45) is 1.29. The smallest absolute Gasteiger partial charge is 0.155 e. The summed E-state index contributed by atoms with van der Waals surface area (Å²) in [5, 5.41) is 12.6. The van der Waals surface area contributed by atoms with E-state index in [1.54, 1.807) is 6.07 Å². The standard InChI is InChI=1S/C14H16FN3OS/c1-9(2)13-14(18(3)12(17-13)8-16-19)20-11-6-4-5-10(15)7-11/h4-9,19H,1-3H3. The fourth-order valence-corrected chi connectivity index (χ4v) is 2.99. The minimum Gasteiger partial charge on any atom is -0.411 e. The molecule has 2 aromatic rings. The molecule has 0 atom stereocenters. The summed E-state index contributed by atoms with van der Waals surface area (Å²) >= 11 is 1.45. The molecule has 20 heavy (non-hydrogen) atoms. The van der Waals surface area contributed by atoms with Crippen molar-refractivity contribution in [3.63, 3.8) is 0 Å². The minimum atomic E-state index is -0.264. The summed E-state index contributed by atoms with van der Waals surface area (Å²) < 4.78 is 15.1. The van der Waals surface area contributed by atoms with E-state index in [0.717, 1.165) is 15.6 Å². The molecule has 0 saturated heterocycles. The number of oxime groups is 1. The van der Waals surface area contributed by atoms with Crippen LogP contribution >= 0.6 is 11.8 Å². The Hall–Kier alpha value is -1.82. The van der Waals surface area contributed by atoms with E-state index in [2.05, 4.69) is 10.1 Å². The molecule has 0 unspecified atom stereocenters. The Kier molecular flexibility index (Phi) is 4.44. The molecule has 6 heteroatoms. The Morgan fingerprint density at radius 2 is 2.20 bits per heavy atom. The average Bonchev–Trinajstić information content (AvgIpc) is 2.69. The molecular formula is C14H16FN3OS. The van der Waals surface area contributed by atoms with Crippen LogP contribution in [0.1, 0.15) is 31.3 Å². The molecule has 4 nitrogen and oxygen atoms in total. The molecule has 0 aliphatic heterocycles. The molecule has 0 aliphatic rings. The van der Waals surface area contributed by atoms with Crippen molar-refractivity contribution >= 4 is 18.0 Å². The highest BCUT2D eigenvalue weighted by Gasteiger charge is 2.17. The Labute approximate surface area is 121 Å². The molecule has 1 aromatic heterocycles. The van der Waals surface area contributed by atoms with Crippen molar-refractivity contribution in [2.24, 2.45) is 12.2 Å². The number of hydrogen-bond donors (Lipinski definition) is 1. The summed E-state index contributed by atoms with van der Waals surface area (Å²) in [6.45, 7) is 4.08. The summed E-state index contributed by atoms with van der Waals surface area (Å²) in [7, 11) is 1.84. The van der Waals surface area contributed by atoms with Crippen LogP contribution < -0.4 is 0 Å². The third-order valence-electron chi connectivity index (χ3n) is 2.83. The van der Waals surface area contributed by atoms with Gasteiger partial charge in [-0.25, -0.2) is 9.37 Å². The van der Waals surface area contributed by atoms with Gasteiger partial charge in [-0.05, 0) is 24.1 Å². The molecule has 106 valence electrons. The molecule has 2 rings (SSSR count). The van der Waals surface area contributed by atoms with E-state index in [0.29, 0.717) is 5.82 Å². The van der Waals surface area contributed by atoms with Crippen LogP contribution in [0.15, 0.2) is 39.3 Å². The lowest BCUT2D eigenvalue weighted by Crippen LogP contribution is -1.98. The van der Waals surface area contributed by atoms with Crippen molar-refractivity contribution in [2.45, 2.75) is 29.7 Å². The van der Waals surface area contributed by atoms with E-state index >= 15 is 0 Å². The van der Waals surface area contributed by atoms with Gasteiger partial charge in [-0.1, -0.05) is 36.8 Å². The second-order valence-corrected chi connectivity index (χ2v) is 5.74. The van der Waals surface area contributed by atoms with E-state index in [1.807, 2.05) is 31.5 Å². The maximum absolute atomic E-state index is 13.3. The second kappa shape index (κ2) is 6.09. The first kappa shape index (κ1) is 14.6.